The molecule has 0 amide bonds. The molecule has 0 aromatic carbocycles. The van der Waals surface area contributed by atoms with Gasteiger partial charge in [-0.05, 0) is 13.0 Å². The predicted octanol–water partition coefficient (Wildman–Crippen LogP) is 0.763. The van der Waals surface area contributed by atoms with Crippen LogP contribution in [0.2, 0.25) is 0 Å². The minimum atomic E-state index is 1.03. The van der Waals surface area contributed by atoms with Crippen LogP contribution in [0.5, 0.6) is 0 Å². The summed E-state index contributed by atoms with van der Waals surface area (Å²) < 4.78 is 0. The molecule has 0 saturated heterocycles. The van der Waals surface area contributed by atoms with Gasteiger partial charge in [-0.3, -0.25) is 0 Å². The zero-order valence-corrected chi connectivity index (χ0v) is 5.04. The van der Waals surface area contributed by atoms with Crippen LogP contribution in [0.1, 0.15) is 19.3 Å². The summed E-state index contributed by atoms with van der Waals surface area (Å²) >= 11 is 0. The molecular formula is C7H11N. The zero-order valence-electron chi connectivity index (χ0n) is 5.04. The van der Waals surface area contributed by atoms with Crippen molar-refractivity contribution in [3.05, 3.63) is 0 Å². The van der Waals surface area contributed by atoms with E-state index in [0.717, 1.165) is 25.9 Å². The second-order valence-corrected chi connectivity index (χ2v) is 1.96. The lowest BCUT2D eigenvalue weighted by molar-refractivity contribution is 0.658. The molecule has 0 radical (unpaired) electrons. The second-order valence-electron chi connectivity index (χ2n) is 1.96. The van der Waals surface area contributed by atoms with Crippen molar-refractivity contribution in [2.24, 2.45) is 0 Å². The molecule has 44 valence electrons. The van der Waals surface area contributed by atoms with Gasteiger partial charge in [0.2, 0.25) is 0 Å². The van der Waals surface area contributed by atoms with Crippen molar-refractivity contribution in [2.45, 2.75) is 19.3 Å². The van der Waals surface area contributed by atoms with E-state index in [4.69, 9.17) is 0 Å². The van der Waals surface area contributed by atoms with Crippen LogP contribution in [0.25, 0.3) is 0 Å². The van der Waals surface area contributed by atoms with Gasteiger partial charge in [-0.15, -0.1) is 11.8 Å². The van der Waals surface area contributed by atoms with E-state index in [1.54, 1.807) is 0 Å². The molecule has 1 aliphatic rings. The van der Waals surface area contributed by atoms with Crippen molar-refractivity contribution in [3.63, 3.8) is 0 Å². The van der Waals surface area contributed by atoms with E-state index in [2.05, 4.69) is 17.2 Å². The molecule has 8 heavy (non-hydrogen) atoms. The van der Waals surface area contributed by atoms with Crippen molar-refractivity contribution in [3.8, 4) is 11.8 Å². The monoisotopic (exact) mass is 109 g/mol. The molecule has 1 rings (SSSR count). The Morgan fingerprint density at radius 1 is 1.00 bits per heavy atom. The van der Waals surface area contributed by atoms with Crippen LogP contribution < -0.4 is 5.32 Å². The Labute approximate surface area is 50.5 Å². The van der Waals surface area contributed by atoms with Crippen LogP contribution in [0.4, 0.5) is 0 Å². The zero-order chi connectivity index (χ0) is 5.66. The highest BCUT2D eigenvalue weighted by Gasteiger charge is 1.87. The van der Waals surface area contributed by atoms with Gasteiger partial charge in [-0.1, -0.05) is 0 Å². The molecule has 1 aliphatic heterocycles. The molecule has 1 heteroatoms. The van der Waals surface area contributed by atoms with Crippen LogP contribution in [0.15, 0.2) is 0 Å². The maximum absolute atomic E-state index is 3.28. The normalized spacial score (nSPS) is 20.0. The van der Waals surface area contributed by atoms with Gasteiger partial charge in [0.05, 0.1) is 0 Å². The van der Waals surface area contributed by atoms with Gasteiger partial charge >= 0.3 is 0 Å². The summed E-state index contributed by atoms with van der Waals surface area (Å²) in [5.41, 5.74) is 0. The minimum absolute atomic E-state index is 1.03. The average molecular weight is 109 g/mol. The van der Waals surface area contributed by atoms with Gasteiger partial charge < -0.3 is 5.32 Å². The molecule has 0 bridgehead atoms. The Morgan fingerprint density at radius 2 is 1.88 bits per heavy atom. The summed E-state index contributed by atoms with van der Waals surface area (Å²) in [6.45, 7) is 2.22. The molecular weight excluding hydrogens is 98.1 g/mol. The van der Waals surface area contributed by atoms with Crippen molar-refractivity contribution in [1.29, 1.82) is 0 Å². The van der Waals surface area contributed by atoms with Crippen LogP contribution in [0, 0.1) is 11.8 Å². The van der Waals surface area contributed by atoms with Gasteiger partial charge in [-0.2, -0.15) is 0 Å². The maximum Gasteiger partial charge on any atom is 0.0214 e. The molecule has 0 spiro atoms. The number of nitrogens with one attached hydrogen (secondary N) is 1. The topological polar surface area (TPSA) is 12.0 Å². The van der Waals surface area contributed by atoms with Crippen molar-refractivity contribution < 1.29 is 0 Å². The Hall–Kier alpha value is -0.480. The highest BCUT2D eigenvalue weighted by Crippen LogP contribution is 1.87. The van der Waals surface area contributed by atoms with Crippen LogP contribution in [-0.4, -0.2) is 13.1 Å². The lowest BCUT2D eigenvalue weighted by atomic mass is 10.2. The van der Waals surface area contributed by atoms with Crippen molar-refractivity contribution in [2.75, 3.05) is 13.1 Å². The second kappa shape index (κ2) is 3.51. The smallest absolute Gasteiger partial charge is 0.0214 e. The highest BCUT2D eigenvalue weighted by atomic mass is 14.8. The number of rotatable bonds is 0. The highest BCUT2D eigenvalue weighted by molar-refractivity contribution is 4.99. The quantitative estimate of drug-likeness (QED) is 0.453. The van der Waals surface area contributed by atoms with E-state index < -0.39 is 0 Å². The van der Waals surface area contributed by atoms with E-state index in [9.17, 15) is 0 Å². The summed E-state index contributed by atoms with van der Waals surface area (Å²) in [6, 6.07) is 0. The van der Waals surface area contributed by atoms with Gasteiger partial charge in [0.25, 0.3) is 0 Å². The third kappa shape index (κ3) is 1.99. The molecule has 0 fully saturated rings. The summed E-state index contributed by atoms with van der Waals surface area (Å²) in [7, 11) is 0. The molecule has 1 N–H and O–H groups in total. The van der Waals surface area contributed by atoms with Gasteiger partial charge in [0.15, 0.2) is 0 Å². The first kappa shape index (κ1) is 5.65. The van der Waals surface area contributed by atoms with E-state index in [1.165, 1.54) is 6.42 Å². The van der Waals surface area contributed by atoms with Gasteiger partial charge in [-0.25, -0.2) is 0 Å². The molecule has 0 aliphatic carbocycles. The fourth-order valence-electron chi connectivity index (χ4n) is 0.754. The van der Waals surface area contributed by atoms with Gasteiger partial charge in [0.1, 0.15) is 0 Å². The Kier molecular flexibility index (Phi) is 2.48. The average Bonchev–Trinajstić information content (AvgIpc) is 1.62. The fraction of sp³-hybridized carbons (Fsp3) is 0.714. The Balaban J connectivity index is 2.24. The molecule has 0 saturated carbocycles. The molecule has 1 nitrogen and oxygen atoms in total. The van der Waals surface area contributed by atoms with Crippen molar-refractivity contribution >= 4 is 0 Å². The van der Waals surface area contributed by atoms with Crippen LogP contribution in [-0.2, 0) is 0 Å². The number of hydrogen-bond acceptors (Lipinski definition) is 1. The number of hydrogen-bond donors (Lipinski definition) is 1. The lowest BCUT2D eigenvalue weighted by Gasteiger charge is -2.00. The summed E-state index contributed by atoms with van der Waals surface area (Å²) in [4.78, 5) is 0. The van der Waals surface area contributed by atoms with Crippen LogP contribution >= 0.6 is 0 Å². The molecule has 1 heterocycles. The van der Waals surface area contributed by atoms with E-state index in [-0.39, 0.29) is 0 Å². The SMILES string of the molecule is C1#CCCNCCC1. The minimum Gasteiger partial charge on any atom is -0.316 e. The maximum atomic E-state index is 3.28. The Bertz CT molecular complexity index is 95.3. The molecule has 0 aromatic rings. The summed E-state index contributed by atoms with van der Waals surface area (Å²) in [5, 5.41) is 3.28. The fourth-order valence-corrected chi connectivity index (χ4v) is 0.754. The Morgan fingerprint density at radius 3 is 2.88 bits per heavy atom. The largest absolute Gasteiger partial charge is 0.316 e. The third-order valence-electron chi connectivity index (χ3n) is 1.21. The van der Waals surface area contributed by atoms with E-state index in [1.807, 2.05) is 0 Å². The summed E-state index contributed by atoms with van der Waals surface area (Å²) in [5.74, 6) is 6.17. The van der Waals surface area contributed by atoms with E-state index >= 15 is 0 Å². The molecule has 0 aromatic heterocycles. The first-order valence-electron chi connectivity index (χ1n) is 3.16. The summed E-state index contributed by atoms with van der Waals surface area (Å²) in [6.07, 6.45) is 3.32. The standard InChI is InChI=1S/C7H11N/c1-2-4-6-8-7-5-3-1/h8H,2,4-7H2. The predicted molar refractivity (Wildman–Crippen MR) is 34.5 cm³/mol. The molecule has 0 unspecified atom stereocenters. The van der Waals surface area contributed by atoms with Crippen molar-refractivity contribution in [1.82, 2.24) is 5.32 Å². The molecule has 0 atom stereocenters. The van der Waals surface area contributed by atoms with Crippen LogP contribution in [0.3, 0.4) is 0 Å². The first-order valence-corrected chi connectivity index (χ1v) is 3.16. The van der Waals surface area contributed by atoms with Gasteiger partial charge in [0, 0.05) is 19.4 Å². The van der Waals surface area contributed by atoms with E-state index in [0.29, 0.717) is 0 Å². The first-order chi connectivity index (χ1) is 4.00. The lowest BCUT2D eigenvalue weighted by Crippen LogP contribution is -2.16. The third-order valence-corrected chi connectivity index (χ3v) is 1.21.